The molecule has 0 amide bonds. The molecule has 100 valence electrons. The van der Waals surface area contributed by atoms with Crippen LogP contribution in [-0.4, -0.2) is 18.5 Å². The van der Waals surface area contributed by atoms with Crippen molar-refractivity contribution in [3.05, 3.63) is 54.1 Å². The lowest BCUT2D eigenvalue weighted by Crippen LogP contribution is -2.15. The van der Waals surface area contributed by atoms with Crippen LogP contribution in [0.3, 0.4) is 0 Å². The van der Waals surface area contributed by atoms with E-state index >= 15 is 0 Å². The number of nitrogens with one attached hydrogen (secondary N) is 1. The summed E-state index contributed by atoms with van der Waals surface area (Å²) in [5, 5.41) is 8.96. The van der Waals surface area contributed by atoms with E-state index < -0.39 is 20.7 Å². The monoisotopic (exact) mass is 282 g/mol. The smallest absolute Gasteiger partial charge is 0.264 e. The van der Waals surface area contributed by atoms with Gasteiger partial charge in [-0.05, 0) is 29.8 Å². The van der Waals surface area contributed by atoms with Gasteiger partial charge in [-0.2, -0.15) is 0 Å². The van der Waals surface area contributed by atoms with Gasteiger partial charge in [0, 0.05) is 12.4 Å². The SMILES string of the molecule is O=S(=O)(Nc1ccncc1)c1cc(CO)ccc1F. The van der Waals surface area contributed by atoms with Gasteiger partial charge < -0.3 is 5.11 Å². The normalized spacial score (nSPS) is 11.3. The molecule has 0 spiro atoms. The Hall–Kier alpha value is -1.99. The van der Waals surface area contributed by atoms with Gasteiger partial charge in [0.25, 0.3) is 10.0 Å². The van der Waals surface area contributed by atoms with E-state index in [0.29, 0.717) is 5.56 Å². The van der Waals surface area contributed by atoms with Crippen LogP contribution >= 0.6 is 0 Å². The van der Waals surface area contributed by atoms with E-state index in [0.717, 1.165) is 12.1 Å². The first-order valence-electron chi connectivity index (χ1n) is 5.35. The molecular weight excluding hydrogens is 271 g/mol. The molecule has 0 bridgehead atoms. The maximum absolute atomic E-state index is 13.6. The molecule has 2 N–H and O–H groups in total. The number of halogens is 1. The summed E-state index contributed by atoms with van der Waals surface area (Å²) in [6.07, 6.45) is 2.83. The Morgan fingerprint density at radius 3 is 2.53 bits per heavy atom. The van der Waals surface area contributed by atoms with Gasteiger partial charge in [0.1, 0.15) is 10.7 Å². The maximum atomic E-state index is 13.6. The first-order chi connectivity index (χ1) is 9.03. The van der Waals surface area contributed by atoms with Crippen LogP contribution < -0.4 is 4.72 Å². The van der Waals surface area contributed by atoms with Crippen molar-refractivity contribution in [3.63, 3.8) is 0 Å². The molecule has 5 nitrogen and oxygen atoms in total. The van der Waals surface area contributed by atoms with E-state index in [1.807, 2.05) is 0 Å². The number of benzene rings is 1. The van der Waals surface area contributed by atoms with Crippen molar-refractivity contribution in [2.45, 2.75) is 11.5 Å². The second kappa shape index (κ2) is 5.33. The van der Waals surface area contributed by atoms with Crippen LogP contribution in [0.2, 0.25) is 0 Å². The van der Waals surface area contributed by atoms with Crippen molar-refractivity contribution >= 4 is 15.7 Å². The molecule has 0 aliphatic heterocycles. The summed E-state index contributed by atoms with van der Waals surface area (Å²) < 4.78 is 39.9. The van der Waals surface area contributed by atoms with Crippen LogP contribution in [0.4, 0.5) is 10.1 Å². The van der Waals surface area contributed by atoms with Crippen molar-refractivity contribution in [2.75, 3.05) is 4.72 Å². The summed E-state index contributed by atoms with van der Waals surface area (Å²) >= 11 is 0. The maximum Gasteiger partial charge on any atom is 0.264 e. The standard InChI is InChI=1S/C12H11FN2O3S/c13-11-2-1-9(8-16)7-12(11)19(17,18)15-10-3-5-14-6-4-10/h1-7,16H,8H2,(H,14,15). The summed E-state index contributed by atoms with van der Waals surface area (Å²) in [6.45, 7) is -0.363. The summed E-state index contributed by atoms with van der Waals surface area (Å²) in [4.78, 5) is 3.25. The fourth-order valence-electron chi connectivity index (χ4n) is 1.48. The third-order valence-electron chi connectivity index (χ3n) is 2.40. The van der Waals surface area contributed by atoms with Crippen LogP contribution in [0.5, 0.6) is 0 Å². The molecule has 1 aromatic heterocycles. The minimum atomic E-state index is -4.04. The molecule has 0 aliphatic rings. The molecule has 1 heterocycles. The minimum Gasteiger partial charge on any atom is -0.392 e. The molecular formula is C12H11FN2O3S. The number of nitrogens with zero attached hydrogens (tertiary/aromatic N) is 1. The van der Waals surface area contributed by atoms with Gasteiger partial charge >= 0.3 is 0 Å². The highest BCUT2D eigenvalue weighted by molar-refractivity contribution is 7.92. The first-order valence-corrected chi connectivity index (χ1v) is 6.83. The Bertz CT molecular complexity index is 675. The predicted octanol–water partition coefficient (Wildman–Crippen LogP) is 1.51. The zero-order chi connectivity index (χ0) is 13.9. The molecule has 0 saturated carbocycles. The van der Waals surface area contributed by atoms with Gasteiger partial charge in [0.05, 0.1) is 12.3 Å². The minimum absolute atomic E-state index is 0.281. The Morgan fingerprint density at radius 1 is 1.21 bits per heavy atom. The van der Waals surface area contributed by atoms with Crippen LogP contribution in [0, 0.1) is 5.82 Å². The molecule has 2 aromatic rings. The molecule has 0 unspecified atom stereocenters. The molecule has 0 radical (unpaired) electrons. The summed E-state index contributed by atoms with van der Waals surface area (Å²) in [6, 6.07) is 6.32. The zero-order valence-corrected chi connectivity index (χ0v) is 10.6. The fourth-order valence-corrected chi connectivity index (χ4v) is 2.67. The third-order valence-corrected chi connectivity index (χ3v) is 3.80. The van der Waals surface area contributed by atoms with E-state index in [4.69, 9.17) is 5.11 Å². The van der Waals surface area contributed by atoms with E-state index in [-0.39, 0.29) is 12.3 Å². The average Bonchev–Trinajstić information content (AvgIpc) is 2.39. The van der Waals surface area contributed by atoms with Crippen LogP contribution in [0.15, 0.2) is 47.6 Å². The number of pyridine rings is 1. The number of anilines is 1. The van der Waals surface area contributed by atoms with E-state index in [2.05, 4.69) is 9.71 Å². The molecule has 7 heteroatoms. The van der Waals surface area contributed by atoms with E-state index in [1.165, 1.54) is 30.6 Å². The average molecular weight is 282 g/mol. The highest BCUT2D eigenvalue weighted by atomic mass is 32.2. The fraction of sp³-hybridized carbons (Fsp3) is 0.0833. The second-order valence-corrected chi connectivity index (χ2v) is 5.42. The lowest BCUT2D eigenvalue weighted by Gasteiger charge is -2.09. The Kier molecular flexibility index (Phi) is 3.77. The van der Waals surface area contributed by atoms with Gasteiger partial charge in [0.2, 0.25) is 0 Å². The molecule has 0 fully saturated rings. The number of aromatic nitrogens is 1. The Labute approximate surface area is 109 Å². The van der Waals surface area contributed by atoms with Gasteiger partial charge in [0.15, 0.2) is 0 Å². The number of hydrogen-bond acceptors (Lipinski definition) is 4. The summed E-state index contributed by atoms with van der Waals surface area (Å²) in [5.41, 5.74) is 0.598. The number of aliphatic hydroxyl groups excluding tert-OH is 1. The van der Waals surface area contributed by atoms with Crippen molar-refractivity contribution in [2.24, 2.45) is 0 Å². The van der Waals surface area contributed by atoms with Crippen LogP contribution in [-0.2, 0) is 16.6 Å². The summed E-state index contributed by atoms with van der Waals surface area (Å²) in [5.74, 6) is -0.876. The van der Waals surface area contributed by atoms with Crippen LogP contribution in [0.1, 0.15) is 5.56 Å². The molecule has 0 saturated heterocycles. The lowest BCUT2D eigenvalue weighted by atomic mass is 10.2. The van der Waals surface area contributed by atoms with Crippen molar-refractivity contribution in [1.29, 1.82) is 0 Å². The number of rotatable bonds is 4. The predicted molar refractivity (Wildman–Crippen MR) is 67.4 cm³/mol. The quantitative estimate of drug-likeness (QED) is 0.891. The highest BCUT2D eigenvalue weighted by Crippen LogP contribution is 2.19. The molecule has 0 aliphatic carbocycles. The van der Waals surface area contributed by atoms with Gasteiger partial charge in [-0.25, -0.2) is 12.8 Å². The number of hydrogen-bond donors (Lipinski definition) is 2. The zero-order valence-electron chi connectivity index (χ0n) is 9.75. The molecule has 1 aromatic carbocycles. The van der Waals surface area contributed by atoms with E-state index in [1.54, 1.807) is 0 Å². The first kappa shape index (κ1) is 13.4. The van der Waals surface area contributed by atoms with Gasteiger partial charge in [-0.3, -0.25) is 9.71 Å². The molecule has 2 rings (SSSR count). The number of sulfonamides is 1. The second-order valence-electron chi connectivity index (χ2n) is 3.76. The Balaban J connectivity index is 2.39. The molecule has 19 heavy (non-hydrogen) atoms. The largest absolute Gasteiger partial charge is 0.392 e. The topological polar surface area (TPSA) is 79.3 Å². The summed E-state index contributed by atoms with van der Waals surface area (Å²) in [7, 11) is -4.04. The highest BCUT2D eigenvalue weighted by Gasteiger charge is 2.19. The van der Waals surface area contributed by atoms with E-state index in [9.17, 15) is 12.8 Å². The molecule has 0 atom stereocenters. The third kappa shape index (κ3) is 3.07. The van der Waals surface area contributed by atoms with Gasteiger partial charge in [-0.1, -0.05) is 6.07 Å². The lowest BCUT2D eigenvalue weighted by molar-refractivity contribution is 0.281. The van der Waals surface area contributed by atoms with Gasteiger partial charge in [-0.15, -0.1) is 0 Å². The van der Waals surface area contributed by atoms with Crippen LogP contribution in [0.25, 0.3) is 0 Å². The van der Waals surface area contributed by atoms with Crippen molar-refractivity contribution in [1.82, 2.24) is 4.98 Å². The Morgan fingerprint density at radius 2 is 1.89 bits per heavy atom. The van der Waals surface area contributed by atoms with Crippen molar-refractivity contribution in [3.8, 4) is 0 Å². The number of aliphatic hydroxyl groups is 1. The van der Waals surface area contributed by atoms with Crippen molar-refractivity contribution < 1.29 is 17.9 Å².